The van der Waals surface area contributed by atoms with E-state index in [0.29, 0.717) is 5.75 Å². The van der Waals surface area contributed by atoms with Gasteiger partial charge in [0.1, 0.15) is 11.5 Å². The molecule has 5 nitrogen and oxygen atoms in total. The minimum Gasteiger partial charge on any atom is -0.508 e. The summed E-state index contributed by atoms with van der Waals surface area (Å²) in [7, 11) is 0. The zero-order valence-corrected chi connectivity index (χ0v) is 11.7. The highest BCUT2D eigenvalue weighted by atomic mass is 16.5. The van der Waals surface area contributed by atoms with E-state index in [1.165, 1.54) is 0 Å². The van der Waals surface area contributed by atoms with Crippen LogP contribution in [-0.2, 0) is 4.79 Å². The van der Waals surface area contributed by atoms with Crippen molar-refractivity contribution in [2.45, 2.75) is 13.0 Å². The van der Waals surface area contributed by atoms with Gasteiger partial charge in [0.2, 0.25) is 0 Å². The molecule has 0 saturated carbocycles. The van der Waals surface area contributed by atoms with Crippen molar-refractivity contribution >= 4 is 11.6 Å². The van der Waals surface area contributed by atoms with E-state index in [0.717, 1.165) is 11.3 Å². The van der Waals surface area contributed by atoms with Crippen molar-refractivity contribution in [3.05, 3.63) is 54.1 Å². The van der Waals surface area contributed by atoms with E-state index in [9.17, 15) is 9.90 Å². The summed E-state index contributed by atoms with van der Waals surface area (Å²) >= 11 is 0. The number of carbonyl (C=O) groups excluding carboxylic acids is 1. The third-order valence-corrected chi connectivity index (χ3v) is 2.97. The lowest BCUT2D eigenvalue weighted by atomic mass is 10.1. The smallest absolute Gasteiger partial charge is 0.255 e. The van der Waals surface area contributed by atoms with Gasteiger partial charge in [-0.3, -0.25) is 4.79 Å². The van der Waals surface area contributed by atoms with Crippen LogP contribution >= 0.6 is 0 Å². The average molecular weight is 286 g/mol. The van der Waals surface area contributed by atoms with Gasteiger partial charge >= 0.3 is 0 Å². The Balaban J connectivity index is 2.05. The van der Waals surface area contributed by atoms with E-state index in [1.54, 1.807) is 30.3 Å². The second-order valence-corrected chi connectivity index (χ2v) is 4.74. The van der Waals surface area contributed by atoms with Crippen molar-refractivity contribution in [2.75, 3.05) is 11.9 Å². The van der Waals surface area contributed by atoms with Crippen LogP contribution in [-0.4, -0.2) is 17.6 Å². The molecule has 0 spiro atoms. The number of aromatic hydroxyl groups is 1. The van der Waals surface area contributed by atoms with Crippen LogP contribution in [0.1, 0.15) is 18.5 Å². The van der Waals surface area contributed by atoms with Gasteiger partial charge in [-0.2, -0.15) is 0 Å². The van der Waals surface area contributed by atoms with Crippen LogP contribution in [0.4, 0.5) is 5.69 Å². The number of hydrogen-bond acceptors (Lipinski definition) is 4. The fourth-order valence-corrected chi connectivity index (χ4v) is 1.96. The van der Waals surface area contributed by atoms with Gasteiger partial charge < -0.3 is 20.9 Å². The van der Waals surface area contributed by atoms with Crippen molar-refractivity contribution in [1.82, 2.24) is 0 Å². The SMILES string of the molecule is CC(Nc1cccc(OCC(N)=O)c1)c1cccc(O)c1. The fraction of sp³-hybridized carbons (Fsp3) is 0.188. The number of carbonyl (C=O) groups is 1. The van der Waals surface area contributed by atoms with Crippen molar-refractivity contribution < 1.29 is 14.6 Å². The van der Waals surface area contributed by atoms with Gasteiger partial charge in [-0.25, -0.2) is 0 Å². The van der Waals surface area contributed by atoms with Gasteiger partial charge in [-0.05, 0) is 36.8 Å². The number of ether oxygens (including phenoxy) is 1. The number of benzene rings is 2. The second-order valence-electron chi connectivity index (χ2n) is 4.74. The largest absolute Gasteiger partial charge is 0.508 e. The van der Waals surface area contributed by atoms with Gasteiger partial charge in [-0.15, -0.1) is 0 Å². The van der Waals surface area contributed by atoms with Crippen LogP contribution in [0.25, 0.3) is 0 Å². The molecule has 0 fully saturated rings. The number of hydrogen-bond donors (Lipinski definition) is 3. The van der Waals surface area contributed by atoms with Crippen molar-refractivity contribution in [2.24, 2.45) is 5.73 Å². The highest BCUT2D eigenvalue weighted by Crippen LogP contribution is 2.24. The minimum atomic E-state index is -0.513. The highest BCUT2D eigenvalue weighted by Gasteiger charge is 2.07. The van der Waals surface area contributed by atoms with Crippen LogP contribution in [0.2, 0.25) is 0 Å². The summed E-state index contributed by atoms with van der Waals surface area (Å²) in [5, 5.41) is 12.8. The summed E-state index contributed by atoms with van der Waals surface area (Å²) in [6.45, 7) is 1.84. The summed E-state index contributed by atoms with van der Waals surface area (Å²) in [6.07, 6.45) is 0. The van der Waals surface area contributed by atoms with Gasteiger partial charge in [0, 0.05) is 17.8 Å². The number of rotatable bonds is 6. The lowest BCUT2D eigenvalue weighted by Crippen LogP contribution is -2.20. The van der Waals surface area contributed by atoms with Crippen LogP contribution in [0, 0.1) is 0 Å². The van der Waals surface area contributed by atoms with E-state index in [1.807, 2.05) is 25.1 Å². The molecule has 1 amide bonds. The predicted octanol–water partition coefficient (Wildman–Crippen LogP) is 2.43. The lowest BCUT2D eigenvalue weighted by Gasteiger charge is -2.16. The first-order chi connectivity index (χ1) is 10.0. The van der Waals surface area contributed by atoms with E-state index in [2.05, 4.69) is 5.32 Å². The van der Waals surface area contributed by atoms with Crippen LogP contribution < -0.4 is 15.8 Å². The maximum absolute atomic E-state index is 10.7. The summed E-state index contributed by atoms with van der Waals surface area (Å²) in [6, 6.07) is 14.4. The number of phenolic OH excluding ortho intramolecular Hbond substituents is 1. The molecular formula is C16H18N2O3. The molecule has 0 bridgehead atoms. The maximum Gasteiger partial charge on any atom is 0.255 e. The number of primary amides is 1. The molecule has 0 aliphatic rings. The molecule has 0 aliphatic heterocycles. The maximum atomic E-state index is 10.7. The zero-order valence-electron chi connectivity index (χ0n) is 11.7. The topological polar surface area (TPSA) is 84.6 Å². The van der Waals surface area contributed by atoms with Gasteiger partial charge in [0.05, 0.1) is 0 Å². The molecule has 21 heavy (non-hydrogen) atoms. The van der Waals surface area contributed by atoms with Crippen LogP contribution in [0.3, 0.4) is 0 Å². The predicted molar refractivity (Wildman–Crippen MR) is 81.3 cm³/mol. The zero-order chi connectivity index (χ0) is 15.2. The second kappa shape index (κ2) is 6.65. The van der Waals surface area contributed by atoms with E-state index < -0.39 is 5.91 Å². The molecule has 1 unspecified atom stereocenters. The van der Waals surface area contributed by atoms with E-state index in [-0.39, 0.29) is 18.4 Å². The summed E-state index contributed by atoms with van der Waals surface area (Å²) < 4.78 is 5.26. The molecular weight excluding hydrogens is 268 g/mol. The molecule has 0 saturated heterocycles. The standard InChI is InChI=1S/C16H18N2O3/c1-11(12-4-2-6-14(19)8-12)18-13-5-3-7-15(9-13)21-10-16(17)20/h2-9,11,18-19H,10H2,1H3,(H2,17,20). The van der Waals surface area contributed by atoms with Gasteiger partial charge in [-0.1, -0.05) is 18.2 Å². The Morgan fingerprint density at radius 2 is 2.05 bits per heavy atom. The summed E-state index contributed by atoms with van der Waals surface area (Å²) in [5.74, 6) is 0.295. The number of nitrogens with two attached hydrogens (primary N) is 1. The molecule has 1 atom stereocenters. The quantitative estimate of drug-likeness (QED) is 0.761. The highest BCUT2D eigenvalue weighted by molar-refractivity contribution is 5.75. The Kier molecular flexibility index (Phi) is 4.66. The first-order valence-electron chi connectivity index (χ1n) is 6.61. The Morgan fingerprint density at radius 3 is 2.76 bits per heavy atom. The van der Waals surface area contributed by atoms with E-state index in [4.69, 9.17) is 10.5 Å². The summed E-state index contributed by atoms with van der Waals surface area (Å²) in [4.78, 5) is 10.7. The monoisotopic (exact) mass is 286 g/mol. The lowest BCUT2D eigenvalue weighted by molar-refractivity contribution is -0.119. The Labute approximate surface area is 123 Å². The third kappa shape index (κ3) is 4.42. The number of amides is 1. The molecule has 5 heteroatoms. The first-order valence-corrected chi connectivity index (χ1v) is 6.61. The number of nitrogens with one attached hydrogen (secondary N) is 1. The van der Waals surface area contributed by atoms with Crippen molar-refractivity contribution in [3.63, 3.8) is 0 Å². The van der Waals surface area contributed by atoms with Crippen molar-refractivity contribution in [3.8, 4) is 11.5 Å². The minimum absolute atomic E-state index is 0.0171. The summed E-state index contributed by atoms with van der Waals surface area (Å²) in [5.41, 5.74) is 6.87. The molecule has 110 valence electrons. The van der Waals surface area contributed by atoms with Crippen LogP contribution in [0.5, 0.6) is 11.5 Å². The van der Waals surface area contributed by atoms with Crippen molar-refractivity contribution in [1.29, 1.82) is 0 Å². The first kappa shape index (κ1) is 14.7. The molecule has 2 aromatic rings. The molecule has 4 N–H and O–H groups in total. The molecule has 0 radical (unpaired) electrons. The Bertz CT molecular complexity index is 628. The van der Waals surface area contributed by atoms with Crippen LogP contribution in [0.15, 0.2) is 48.5 Å². The van der Waals surface area contributed by atoms with Gasteiger partial charge in [0.25, 0.3) is 5.91 Å². The molecule has 0 heterocycles. The average Bonchev–Trinajstić information content (AvgIpc) is 2.45. The molecule has 0 aromatic heterocycles. The number of anilines is 1. The Hall–Kier alpha value is -2.69. The Morgan fingerprint density at radius 1 is 1.29 bits per heavy atom. The molecule has 0 aliphatic carbocycles. The number of phenols is 1. The normalized spacial score (nSPS) is 11.7. The molecule has 2 aromatic carbocycles. The molecule has 2 rings (SSSR count). The van der Waals surface area contributed by atoms with Gasteiger partial charge in [0.15, 0.2) is 6.61 Å². The third-order valence-electron chi connectivity index (χ3n) is 2.97. The van der Waals surface area contributed by atoms with E-state index >= 15 is 0 Å². The fourth-order valence-electron chi connectivity index (χ4n) is 1.96.